The van der Waals surface area contributed by atoms with E-state index in [-0.39, 0.29) is 17.9 Å². The van der Waals surface area contributed by atoms with Crippen LogP contribution >= 0.6 is 22.7 Å². The van der Waals surface area contributed by atoms with Gasteiger partial charge in [-0.25, -0.2) is 9.97 Å². The summed E-state index contributed by atoms with van der Waals surface area (Å²) in [6.45, 7) is 0.318. The van der Waals surface area contributed by atoms with Gasteiger partial charge in [-0.15, -0.1) is 0 Å². The van der Waals surface area contributed by atoms with Crippen LogP contribution in [0, 0.1) is 0 Å². The number of hydrogen-bond donors (Lipinski definition) is 4. The molecule has 6 rings (SSSR count). The molecular weight excluding hydrogens is 508 g/mol. The molecule has 2 amide bonds. The second-order valence-electron chi connectivity index (χ2n) is 9.05. The summed E-state index contributed by atoms with van der Waals surface area (Å²) in [5.74, 6) is -0.621. The number of hydrogen-bond acceptors (Lipinski definition) is 8. The van der Waals surface area contributed by atoms with Gasteiger partial charge in [0.15, 0.2) is 10.8 Å². The molecule has 1 saturated carbocycles. The van der Waals surface area contributed by atoms with Gasteiger partial charge in [0.05, 0.1) is 27.9 Å². The van der Waals surface area contributed by atoms with Crippen molar-refractivity contribution < 1.29 is 14.7 Å². The number of imidazole rings is 1. The molecule has 1 fully saturated rings. The second-order valence-corrected chi connectivity index (χ2v) is 10.9. The van der Waals surface area contributed by atoms with E-state index in [1.807, 2.05) is 35.0 Å². The molecule has 1 aliphatic rings. The van der Waals surface area contributed by atoms with Crippen LogP contribution in [0.2, 0.25) is 0 Å². The zero-order valence-electron chi connectivity index (χ0n) is 19.7. The van der Waals surface area contributed by atoms with Gasteiger partial charge in [-0.05, 0) is 60.5 Å². The molecule has 5 aromatic rings. The molecule has 37 heavy (non-hydrogen) atoms. The van der Waals surface area contributed by atoms with Gasteiger partial charge in [-0.2, -0.15) is 11.3 Å². The van der Waals surface area contributed by atoms with E-state index in [4.69, 9.17) is 10.7 Å². The highest BCUT2D eigenvalue weighted by Crippen LogP contribution is 2.29. The first-order valence-electron chi connectivity index (χ1n) is 11.9. The van der Waals surface area contributed by atoms with Crippen molar-refractivity contribution in [2.45, 2.75) is 38.0 Å². The maximum Gasteiger partial charge on any atom is 0.270 e. The monoisotopic (exact) mass is 532 g/mol. The number of anilines is 1. The van der Waals surface area contributed by atoms with Gasteiger partial charge in [0, 0.05) is 23.7 Å². The van der Waals surface area contributed by atoms with E-state index >= 15 is 0 Å². The van der Waals surface area contributed by atoms with E-state index in [9.17, 15) is 14.7 Å². The minimum atomic E-state index is -0.560. The lowest BCUT2D eigenvalue weighted by Crippen LogP contribution is -2.40. The number of rotatable bonds is 6. The Bertz CT molecular complexity index is 1620. The Kier molecular flexibility index (Phi) is 6.11. The Balaban J connectivity index is 1.32. The SMILES string of the molecule is Nc1nc2ccc(CNC(=O)c3cccn4c(C(=O)N[C@H]5CCC[C@@H]5O)c(-c5ccsc5)nc34)cc2s1. The Morgan fingerprint density at radius 2 is 2.05 bits per heavy atom. The number of thiophene rings is 1. The highest BCUT2D eigenvalue weighted by molar-refractivity contribution is 7.22. The fourth-order valence-corrected chi connectivity index (χ4v) is 6.22. The van der Waals surface area contributed by atoms with E-state index in [2.05, 4.69) is 15.6 Å². The number of nitrogen functional groups attached to an aromatic ring is 1. The quantitative estimate of drug-likeness (QED) is 0.263. The molecule has 0 saturated heterocycles. The molecule has 0 unspecified atom stereocenters. The highest BCUT2D eigenvalue weighted by atomic mass is 32.1. The summed E-state index contributed by atoms with van der Waals surface area (Å²) in [5, 5.41) is 20.5. The number of fused-ring (bicyclic) bond motifs is 2. The predicted molar refractivity (Wildman–Crippen MR) is 145 cm³/mol. The molecule has 9 nitrogen and oxygen atoms in total. The Morgan fingerprint density at radius 3 is 2.84 bits per heavy atom. The van der Waals surface area contributed by atoms with E-state index in [0.717, 1.165) is 34.2 Å². The summed E-state index contributed by atoms with van der Waals surface area (Å²) in [6.07, 6.45) is 3.44. The van der Waals surface area contributed by atoms with Gasteiger partial charge in [-0.3, -0.25) is 14.0 Å². The zero-order valence-corrected chi connectivity index (χ0v) is 21.3. The minimum absolute atomic E-state index is 0.297. The molecule has 4 heterocycles. The number of benzene rings is 1. The fourth-order valence-electron chi connectivity index (χ4n) is 4.78. The fraction of sp³-hybridized carbons (Fsp3) is 0.231. The molecule has 0 bridgehead atoms. The molecule has 2 atom stereocenters. The number of nitrogens with zero attached hydrogens (tertiary/aromatic N) is 3. The molecule has 0 spiro atoms. The molecule has 188 valence electrons. The van der Waals surface area contributed by atoms with Crippen molar-refractivity contribution in [1.82, 2.24) is 25.0 Å². The molecule has 4 aromatic heterocycles. The van der Waals surface area contributed by atoms with Crippen LogP contribution in [-0.4, -0.2) is 43.4 Å². The van der Waals surface area contributed by atoms with Crippen molar-refractivity contribution in [2.24, 2.45) is 0 Å². The number of aliphatic hydroxyl groups excluding tert-OH is 1. The van der Waals surface area contributed by atoms with Crippen molar-refractivity contribution in [1.29, 1.82) is 0 Å². The summed E-state index contributed by atoms with van der Waals surface area (Å²) in [5.41, 5.74) is 9.96. The number of nitrogens with one attached hydrogen (secondary N) is 2. The first-order chi connectivity index (χ1) is 18.0. The van der Waals surface area contributed by atoms with Crippen LogP contribution in [0.5, 0.6) is 0 Å². The average Bonchev–Trinajstić information content (AvgIpc) is 3.68. The molecule has 0 aliphatic heterocycles. The lowest BCUT2D eigenvalue weighted by atomic mass is 10.1. The molecule has 1 aliphatic carbocycles. The zero-order chi connectivity index (χ0) is 25.5. The third kappa shape index (κ3) is 4.45. The third-order valence-electron chi connectivity index (χ3n) is 6.62. The van der Waals surface area contributed by atoms with Gasteiger partial charge in [0.2, 0.25) is 0 Å². The topological polar surface area (TPSA) is 135 Å². The number of carbonyl (C=O) groups is 2. The van der Waals surface area contributed by atoms with Gasteiger partial charge < -0.3 is 21.5 Å². The van der Waals surface area contributed by atoms with Crippen molar-refractivity contribution in [3.8, 4) is 11.3 Å². The Hall–Kier alpha value is -3.80. The summed E-state index contributed by atoms with van der Waals surface area (Å²) in [6, 6.07) is 10.8. The number of thiazole rings is 1. The lowest BCUT2D eigenvalue weighted by Gasteiger charge is -2.16. The largest absolute Gasteiger partial charge is 0.391 e. The molecule has 0 radical (unpaired) electrons. The van der Waals surface area contributed by atoms with Crippen LogP contribution in [0.25, 0.3) is 27.1 Å². The molecule has 1 aromatic carbocycles. The highest BCUT2D eigenvalue weighted by Gasteiger charge is 2.30. The van der Waals surface area contributed by atoms with Crippen LogP contribution in [0.1, 0.15) is 45.7 Å². The number of carbonyl (C=O) groups excluding carboxylic acids is 2. The van der Waals surface area contributed by atoms with E-state index in [0.29, 0.717) is 40.7 Å². The Morgan fingerprint density at radius 1 is 1.16 bits per heavy atom. The summed E-state index contributed by atoms with van der Waals surface area (Å²) < 4.78 is 2.62. The predicted octanol–water partition coefficient (Wildman–Crippen LogP) is 3.83. The van der Waals surface area contributed by atoms with E-state index in [1.165, 1.54) is 22.7 Å². The number of nitrogens with two attached hydrogens (primary N) is 1. The first-order valence-corrected chi connectivity index (χ1v) is 13.7. The maximum absolute atomic E-state index is 13.4. The van der Waals surface area contributed by atoms with Crippen molar-refractivity contribution in [3.63, 3.8) is 0 Å². The molecular formula is C26H24N6O3S2. The lowest BCUT2D eigenvalue weighted by molar-refractivity contribution is 0.0867. The second kappa shape index (κ2) is 9.58. The van der Waals surface area contributed by atoms with Gasteiger partial charge >= 0.3 is 0 Å². The molecule has 5 N–H and O–H groups in total. The van der Waals surface area contributed by atoms with Crippen molar-refractivity contribution in [2.75, 3.05) is 5.73 Å². The van der Waals surface area contributed by atoms with E-state index in [1.54, 1.807) is 22.7 Å². The smallest absolute Gasteiger partial charge is 0.270 e. The number of aliphatic hydroxyl groups is 1. The van der Waals surface area contributed by atoms with Gasteiger partial charge in [0.25, 0.3) is 11.8 Å². The standard InChI is InChI=1S/C26H24N6O3S2/c27-26-30-18-7-6-14(11-20(18)37-26)12-28-24(34)16-3-2-9-32-22(25(35)29-17-4-1-5-19(17)33)21(31-23(16)32)15-8-10-36-13-15/h2-3,6-11,13,17,19,33H,1,4-5,12H2,(H2,27,30)(H,28,34)(H,29,35)/t17-,19-/m0/s1. The summed E-state index contributed by atoms with van der Waals surface area (Å²) in [7, 11) is 0. The number of aromatic nitrogens is 3. The Labute approximate surface area is 220 Å². The van der Waals surface area contributed by atoms with Crippen molar-refractivity contribution in [3.05, 3.63) is 70.2 Å². The van der Waals surface area contributed by atoms with Crippen LogP contribution in [0.4, 0.5) is 5.13 Å². The van der Waals surface area contributed by atoms with Gasteiger partial charge in [0.1, 0.15) is 11.4 Å². The maximum atomic E-state index is 13.4. The van der Waals surface area contributed by atoms with Crippen LogP contribution in [0.15, 0.2) is 53.4 Å². The summed E-state index contributed by atoms with van der Waals surface area (Å²) >= 11 is 2.91. The average molecular weight is 533 g/mol. The first kappa shape index (κ1) is 23.6. The van der Waals surface area contributed by atoms with E-state index < -0.39 is 6.10 Å². The minimum Gasteiger partial charge on any atom is -0.391 e. The van der Waals surface area contributed by atoms with Gasteiger partial charge in [-0.1, -0.05) is 17.4 Å². The number of pyridine rings is 1. The van der Waals surface area contributed by atoms with Crippen molar-refractivity contribution >= 4 is 55.5 Å². The number of amides is 2. The van der Waals surface area contributed by atoms with Crippen LogP contribution in [-0.2, 0) is 6.54 Å². The summed E-state index contributed by atoms with van der Waals surface area (Å²) in [4.78, 5) is 35.7. The normalized spacial score (nSPS) is 17.4. The molecule has 11 heteroatoms. The third-order valence-corrected chi connectivity index (χ3v) is 8.15. The van der Waals surface area contributed by atoms with Crippen LogP contribution in [0.3, 0.4) is 0 Å². The van der Waals surface area contributed by atoms with Crippen LogP contribution < -0.4 is 16.4 Å².